The lowest BCUT2D eigenvalue weighted by Gasteiger charge is -2.16. The van der Waals surface area contributed by atoms with Crippen molar-refractivity contribution in [2.24, 2.45) is 5.73 Å². The van der Waals surface area contributed by atoms with Crippen molar-refractivity contribution in [3.63, 3.8) is 0 Å². The number of sulfone groups is 1. The van der Waals surface area contributed by atoms with Gasteiger partial charge in [0.15, 0.2) is 9.84 Å². The van der Waals surface area contributed by atoms with Gasteiger partial charge in [0.05, 0.1) is 12.0 Å². The van der Waals surface area contributed by atoms with Gasteiger partial charge in [0.25, 0.3) is 0 Å². The van der Waals surface area contributed by atoms with Crippen molar-refractivity contribution in [3.8, 4) is 5.75 Å². The average Bonchev–Trinajstić information content (AvgIpc) is 2.49. The second-order valence-electron chi connectivity index (χ2n) is 4.36. The summed E-state index contributed by atoms with van der Waals surface area (Å²) >= 11 is 0. The summed E-state index contributed by atoms with van der Waals surface area (Å²) in [5, 5.41) is -0.739. The maximum atomic E-state index is 12.6. The Hall–Kier alpha value is -1.85. The third-order valence-corrected chi connectivity index (χ3v) is 5.29. The first-order chi connectivity index (χ1) is 9.59. The summed E-state index contributed by atoms with van der Waals surface area (Å²) in [6, 6.07) is 15.4. The first-order valence-electron chi connectivity index (χ1n) is 6.22. The molecule has 0 aliphatic rings. The maximum absolute atomic E-state index is 12.6. The second kappa shape index (κ2) is 6.07. The molecule has 0 heterocycles. The maximum Gasteiger partial charge on any atom is 0.186 e. The predicted octanol–water partition coefficient (Wildman–Crippen LogP) is 2.17. The van der Waals surface area contributed by atoms with Gasteiger partial charge in [-0.2, -0.15) is 0 Å². The van der Waals surface area contributed by atoms with Crippen molar-refractivity contribution in [2.45, 2.75) is 10.1 Å². The molecule has 0 aliphatic carbocycles. The third-order valence-electron chi connectivity index (χ3n) is 3.15. The highest BCUT2D eigenvalue weighted by Gasteiger charge is 2.27. The van der Waals surface area contributed by atoms with Crippen LogP contribution in [0.4, 0.5) is 0 Å². The molecule has 2 N–H and O–H groups in total. The Labute approximate surface area is 119 Å². The van der Waals surface area contributed by atoms with E-state index in [1.165, 1.54) is 7.11 Å². The SMILES string of the molecule is COc1ccc(S(=O)(=O)[C@@H](CN)c2ccccc2)cc1. The summed E-state index contributed by atoms with van der Waals surface area (Å²) in [6.45, 7) is 0.0401. The van der Waals surface area contributed by atoms with Crippen LogP contribution in [-0.2, 0) is 9.84 Å². The Morgan fingerprint density at radius 1 is 1.05 bits per heavy atom. The minimum absolute atomic E-state index is 0.0401. The second-order valence-corrected chi connectivity index (χ2v) is 6.49. The Morgan fingerprint density at radius 3 is 2.15 bits per heavy atom. The van der Waals surface area contributed by atoms with E-state index in [-0.39, 0.29) is 11.4 Å². The molecule has 0 radical (unpaired) electrons. The number of nitrogens with two attached hydrogens (primary N) is 1. The number of rotatable bonds is 5. The van der Waals surface area contributed by atoms with E-state index in [0.717, 1.165) is 0 Å². The molecular weight excluding hydrogens is 274 g/mol. The molecule has 2 rings (SSSR count). The van der Waals surface area contributed by atoms with Crippen LogP contribution in [0.3, 0.4) is 0 Å². The van der Waals surface area contributed by atoms with Gasteiger partial charge in [-0.25, -0.2) is 8.42 Å². The van der Waals surface area contributed by atoms with Crippen LogP contribution in [-0.4, -0.2) is 22.1 Å². The Morgan fingerprint density at radius 2 is 1.65 bits per heavy atom. The van der Waals surface area contributed by atoms with E-state index >= 15 is 0 Å². The fourth-order valence-corrected chi connectivity index (χ4v) is 3.65. The Kier molecular flexibility index (Phi) is 4.42. The molecule has 0 amide bonds. The van der Waals surface area contributed by atoms with Gasteiger partial charge >= 0.3 is 0 Å². The molecule has 0 saturated carbocycles. The van der Waals surface area contributed by atoms with Gasteiger partial charge < -0.3 is 10.5 Å². The molecule has 0 unspecified atom stereocenters. The van der Waals surface area contributed by atoms with Crippen LogP contribution in [0.2, 0.25) is 0 Å². The first-order valence-corrected chi connectivity index (χ1v) is 7.77. The number of methoxy groups -OCH3 is 1. The van der Waals surface area contributed by atoms with Crippen molar-refractivity contribution in [2.75, 3.05) is 13.7 Å². The summed E-state index contributed by atoms with van der Waals surface area (Å²) in [5.41, 5.74) is 6.38. The molecule has 5 heteroatoms. The average molecular weight is 291 g/mol. The molecule has 0 spiro atoms. The summed E-state index contributed by atoms with van der Waals surface area (Å²) in [5.74, 6) is 0.618. The molecule has 0 bridgehead atoms. The lowest BCUT2D eigenvalue weighted by molar-refractivity contribution is 0.414. The van der Waals surface area contributed by atoms with Gasteiger partial charge in [0.1, 0.15) is 11.0 Å². The summed E-state index contributed by atoms with van der Waals surface area (Å²) < 4.78 is 30.3. The van der Waals surface area contributed by atoms with Gasteiger partial charge in [-0.3, -0.25) is 0 Å². The summed E-state index contributed by atoms with van der Waals surface area (Å²) in [4.78, 5) is 0.248. The predicted molar refractivity (Wildman–Crippen MR) is 78.4 cm³/mol. The molecule has 1 atom stereocenters. The van der Waals surface area contributed by atoms with E-state index in [1.807, 2.05) is 18.2 Å². The van der Waals surface area contributed by atoms with Crippen molar-refractivity contribution in [1.82, 2.24) is 0 Å². The van der Waals surface area contributed by atoms with E-state index < -0.39 is 15.1 Å². The van der Waals surface area contributed by atoms with Crippen molar-refractivity contribution in [1.29, 1.82) is 0 Å². The highest BCUT2D eigenvalue weighted by Crippen LogP contribution is 2.28. The van der Waals surface area contributed by atoms with Gasteiger partial charge in [0.2, 0.25) is 0 Å². The molecule has 0 saturated heterocycles. The van der Waals surface area contributed by atoms with Crippen LogP contribution in [0.5, 0.6) is 5.75 Å². The van der Waals surface area contributed by atoms with E-state index in [4.69, 9.17) is 10.5 Å². The van der Waals surface area contributed by atoms with Crippen LogP contribution < -0.4 is 10.5 Å². The molecule has 20 heavy (non-hydrogen) atoms. The van der Waals surface area contributed by atoms with E-state index in [9.17, 15) is 8.42 Å². The largest absolute Gasteiger partial charge is 0.497 e. The molecular formula is C15H17NO3S. The fourth-order valence-electron chi connectivity index (χ4n) is 2.04. The number of benzene rings is 2. The molecule has 106 valence electrons. The molecule has 2 aromatic carbocycles. The standard InChI is InChI=1S/C15H17NO3S/c1-19-13-7-9-14(10-8-13)20(17,18)15(11-16)12-5-3-2-4-6-12/h2-10,15H,11,16H2,1H3/t15-/m0/s1. The van der Waals surface area contributed by atoms with Crippen molar-refractivity contribution in [3.05, 3.63) is 60.2 Å². The Bertz CT molecular complexity index is 651. The van der Waals surface area contributed by atoms with Crippen LogP contribution in [0.25, 0.3) is 0 Å². The van der Waals surface area contributed by atoms with Gasteiger partial charge in [-0.15, -0.1) is 0 Å². The molecule has 4 nitrogen and oxygen atoms in total. The lowest BCUT2D eigenvalue weighted by atomic mass is 10.1. The van der Waals surface area contributed by atoms with E-state index in [1.54, 1.807) is 36.4 Å². The highest BCUT2D eigenvalue weighted by molar-refractivity contribution is 7.91. The summed E-state index contributed by atoms with van der Waals surface area (Å²) in [6.07, 6.45) is 0. The number of hydrogen-bond donors (Lipinski definition) is 1. The van der Waals surface area contributed by atoms with Gasteiger partial charge in [-0.05, 0) is 29.8 Å². The minimum atomic E-state index is -3.51. The Balaban J connectivity index is 2.41. The van der Waals surface area contributed by atoms with Crippen molar-refractivity contribution >= 4 is 9.84 Å². The number of ether oxygens (including phenoxy) is 1. The van der Waals surface area contributed by atoms with E-state index in [2.05, 4.69) is 0 Å². The quantitative estimate of drug-likeness (QED) is 0.916. The fraction of sp³-hybridized carbons (Fsp3) is 0.200. The van der Waals surface area contributed by atoms with Crippen LogP contribution in [0, 0.1) is 0 Å². The minimum Gasteiger partial charge on any atom is -0.497 e. The van der Waals surface area contributed by atoms with Gasteiger partial charge in [-0.1, -0.05) is 30.3 Å². The van der Waals surface area contributed by atoms with Gasteiger partial charge in [0, 0.05) is 6.54 Å². The monoisotopic (exact) mass is 291 g/mol. The normalized spacial score (nSPS) is 12.9. The van der Waals surface area contributed by atoms with E-state index in [0.29, 0.717) is 11.3 Å². The molecule has 2 aromatic rings. The zero-order valence-corrected chi connectivity index (χ0v) is 12.0. The first kappa shape index (κ1) is 14.6. The summed E-state index contributed by atoms with van der Waals surface area (Å²) in [7, 11) is -1.97. The number of hydrogen-bond acceptors (Lipinski definition) is 4. The van der Waals surface area contributed by atoms with Crippen LogP contribution in [0.15, 0.2) is 59.5 Å². The van der Waals surface area contributed by atoms with Crippen LogP contribution in [0.1, 0.15) is 10.8 Å². The zero-order valence-electron chi connectivity index (χ0n) is 11.2. The van der Waals surface area contributed by atoms with Crippen molar-refractivity contribution < 1.29 is 13.2 Å². The topological polar surface area (TPSA) is 69.4 Å². The third kappa shape index (κ3) is 2.84. The lowest BCUT2D eigenvalue weighted by Crippen LogP contribution is -2.22. The molecule has 0 fully saturated rings. The molecule has 0 aliphatic heterocycles. The molecule has 0 aromatic heterocycles. The zero-order chi connectivity index (χ0) is 14.6. The van der Waals surface area contributed by atoms with Crippen LogP contribution >= 0.6 is 0 Å². The smallest absolute Gasteiger partial charge is 0.186 e. The highest BCUT2D eigenvalue weighted by atomic mass is 32.2.